The Bertz CT molecular complexity index is 1090. The van der Waals surface area contributed by atoms with Gasteiger partial charge in [-0.25, -0.2) is 4.39 Å². The third-order valence-corrected chi connectivity index (χ3v) is 18.3. The number of fused-ring (bicyclic) bond motifs is 5. The summed E-state index contributed by atoms with van der Waals surface area (Å²) in [5.74, 6) is 3.32. The van der Waals surface area contributed by atoms with Crippen LogP contribution in [-0.2, 0) is 17.6 Å². The first-order valence-electron chi connectivity index (χ1n) is 15.5. The third-order valence-electron chi connectivity index (χ3n) is 12.2. The fraction of sp³-hybridized carbons (Fsp3) is 0.806. The lowest BCUT2D eigenvalue weighted by molar-refractivity contribution is -0.0316. The summed E-state index contributed by atoms with van der Waals surface area (Å²) in [6.07, 6.45) is 8.54. The molecule has 3 aliphatic carbocycles. The van der Waals surface area contributed by atoms with Crippen molar-refractivity contribution in [3.63, 3.8) is 0 Å². The Labute approximate surface area is 262 Å². The highest BCUT2D eigenvalue weighted by atomic mass is 32.2. The summed E-state index contributed by atoms with van der Waals surface area (Å²) in [5, 5.41) is 9.75. The van der Waals surface area contributed by atoms with Gasteiger partial charge in [0.05, 0.1) is 13.2 Å². The molecule has 0 radical (unpaired) electrons. The van der Waals surface area contributed by atoms with E-state index in [1.807, 2.05) is 0 Å². The van der Waals surface area contributed by atoms with Gasteiger partial charge in [0, 0.05) is 10.8 Å². The summed E-state index contributed by atoms with van der Waals surface area (Å²) in [5.41, 5.74) is 2.92. The second-order valence-corrected chi connectivity index (χ2v) is 21.8. The third kappa shape index (κ3) is 6.50. The van der Waals surface area contributed by atoms with Crippen molar-refractivity contribution < 1.29 is 18.8 Å². The van der Waals surface area contributed by atoms with Gasteiger partial charge < -0.3 is 14.4 Å². The van der Waals surface area contributed by atoms with Gasteiger partial charge in [0.2, 0.25) is 0 Å². The Kier molecular flexibility index (Phi) is 10.8. The first kappa shape index (κ1) is 34.9. The van der Waals surface area contributed by atoms with Gasteiger partial charge in [-0.3, -0.25) is 0 Å². The van der Waals surface area contributed by atoms with E-state index in [0.717, 1.165) is 50.7 Å². The summed E-state index contributed by atoms with van der Waals surface area (Å²) in [4.78, 5) is -0.670. The Morgan fingerprint density at radius 3 is 2.54 bits per heavy atom. The number of rotatable bonds is 11. The van der Waals surface area contributed by atoms with Gasteiger partial charge in [0.25, 0.3) is 0 Å². The molecule has 1 aromatic carbocycles. The maximum atomic E-state index is 14.5. The zero-order chi connectivity index (χ0) is 30.6. The van der Waals surface area contributed by atoms with Gasteiger partial charge in [-0.15, -0.1) is 18.5 Å². The average molecular weight is 661 g/mol. The van der Waals surface area contributed by atoms with Gasteiger partial charge in [0.15, 0.2) is 0 Å². The first-order valence-corrected chi connectivity index (χ1v) is 19.1. The SMILES string of the molecule is BC12C(CCC(C)C(C)(C)[S+]([O-])CCCC(P)(P)C(F)(P)P)Cc3cc(OC)ccc3C1CCC1(C)C(O)CCC12. The molecule has 0 aromatic heterocycles. The zero-order valence-electron chi connectivity index (χ0n) is 26.0. The lowest BCUT2D eigenvalue weighted by Crippen LogP contribution is -2.51. The molecule has 0 saturated heterocycles. The van der Waals surface area contributed by atoms with Crippen LogP contribution in [0, 0.1) is 23.2 Å². The van der Waals surface area contributed by atoms with Crippen LogP contribution in [0.15, 0.2) is 18.2 Å². The predicted octanol–water partition coefficient (Wildman–Crippen LogP) is 6.86. The quantitative estimate of drug-likeness (QED) is 0.161. The van der Waals surface area contributed by atoms with Gasteiger partial charge in [-0.05, 0) is 135 Å². The Morgan fingerprint density at radius 1 is 1.22 bits per heavy atom. The lowest BCUT2D eigenvalue weighted by atomic mass is 9.36. The van der Waals surface area contributed by atoms with Crippen LogP contribution >= 0.6 is 37.0 Å². The number of hydrogen-bond acceptors (Lipinski definition) is 3. The molecule has 2 fully saturated rings. The Hall–Kier alpha value is 1.00. The van der Waals surface area contributed by atoms with E-state index in [1.54, 1.807) is 7.11 Å². The van der Waals surface area contributed by atoms with Crippen LogP contribution in [0.4, 0.5) is 4.39 Å². The van der Waals surface area contributed by atoms with Crippen LogP contribution in [0.1, 0.15) is 96.1 Å². The van der Waals surface area contributed by atoms with Crippen LogP contribution in [0.3, 0.4) is 0 Å². The zero-order valence-corrected chi connectivity index (χ0v) is 31.5. The molecule has 0 spiro atoms. The monoisotopic (exact) mass is 660 g/mol. The topological polar surface area (TPSA) is 52.5 Å². The number of aliphatic hydroxyl groups excluding tert-OH is 1. The van der Waals surface area contributed by atoms with Gasteiger partial charge in [-0.1, -0.05) is 38.4 Å². The van der Waals surface area contributed by atoms with Crippen molar-refractivity contribution in [3.8, 4) is 5.75 Å². The van der Waals surface area contributed by atoms with E-state index in [-0.39, 0.29) is 21.6 Å². The molecule has 0 heterocycles. The molecule has 0 aliphatic heterocycles. The van der Waals surface area contributed by atoms with E-state index in [2.05, 4.69) is 90.7 Å². The molecule has 3 aliphatic rings. The number of halogens is 1. The van der Waals surface area contributed by atoms with Crippen molar-refractivity contribution >= 4 is 56.0 Å². The second kappa shape index (κ2) is 12.7. The molecule has 1 aromatic rings. The molecular weight excluding hydrogens is 606 g/mol. The molecule has 0 bridgehead atoms. The Morgan fingerprint density at radius 2 is 1.90 bits per heavy atom. The average Bonchev–Trinajstić information content (AvgIpc) is 3.20. The lowest BCUT2D eigenvalue weighted by Gasteiger charge is -2.60. The summed E-state index contributed by atoms with van der Waals surface area (Å²) < 4.78 is 33.4. The standard InChI is InChI=1S/C31H54BFO3P4S/c1-19(27(2,3)41(35)16-6-14-29(37,38)31(33,39)40)7-8-21-17-20-18-22(36-5)9-10-23(20)24-13-15-28(4)25(30(21,24)32)11-12-26(28)34/h9-10,18-19,21,24-26,34H,6-8,11-17,32,37-40H2,1-5H3. The number of alkyl halides is 1. The van der Waals surface area contributed by atoms with Crippen LogP contribution in [0.2, 0.25) is 5.31 Å². The molecule has 232 valence electrons. The summed E-state index contributed by atoms with van der Waals surface area (Å²) >= 11 is -1.01. The number of benzene rings is 1. The summed E-state index contributed by atoms with van der Waals surface area (Å²) in [7, 11) is 14.0. The Balaban J connectivity index is 1.51. The van der Waals surface area contributed by atoms with Crippen molar-refractivity contribution in [1.82, 2.24) is 0 Å². The number of hydrogen-bond donors (Lipinski definition) is 1. The van der Waals surface area contributed by atoms with Crippen molar-refractivity contribution in [2.45, 2.75) is 118 Å². The smallest absolute Gasteiger partial charge is 0.148 e. The summed E-state index contributed by atoms with van der Waals surface area (Å²) in [6, 6.07) is 6.70. The van der Waals surface area contributed by atoms with E-state index < -0.39 is 21.2 Å². The van der Waals surface area contributed by atoms with Crippen LogP contribution in [0.5, 0.6) is 5.75 Å². The molecule has 1 N–H and O–H groups in total. The highest BCUT2D eigenvalue weighted by Crippen LogP contribution is 2.71. The molecule has 0 amide bonds. The van der Waals surface area contributed by atoms with E-state index in [9.17, 15) is 14.0 Å². The van der Waals surface area contributed by atoms with Gasteiger partial charge in [-0.2, -0.15) is 0 Å². The second-order valence-electron chi connectivity index (χ2n) is 14.6. The maximum absolute atomic E-state index is 14.5. The van der Waals surface area contributed by atoms with E-state index in [4.69, 9.17) is 4.74 Å². The van der Waals surface area contributed by atoms with Crippen LogP contribution in [0.25, 0.3) is 0 Å². The maximum Gasteiger partial charge on any atom is 0.148 e. The molecule has 12 atom stereocenters. The van der Waals surface area contributed by atoms with Crippen LogP contribution in [-0.4, -0.2) is 51.3 Å². The molecule has 41 heavy (non-hydrogen) atoms. The number of methoxy groups -OCH3 is 1. The van der Waals surface area contributed by atoms with Crippen molar-refractivity contribution in [2.75, 3.05) is 12.9 Å². The first-order chi connectivity index (χ1) is 18.9. The molecule has 3 nitrogen and oxygen atoms in total. The normalized spacial score (nSPS) is 33.5. The molecule has 4 rings (SSSR count). The van der Waals surface area contributed by atoms with Crippen molar-refractivity contribution in [3.05, 3.63) is 29.3 Å². The number of aliphatic hydroxyl groups is 1. The van der Waals surface area contributed by atoms with Gasteiger partial charge in [0.1, 0.15) is 29.2 Å². The molecular formula is C31H54BFO3P4S. The predicted molar refractivity (Wildman–Crippen MR) is 190 cm³/mol. The van der Waals surface area contributed by atoms with Gasteiger partial charge >= 0.3 is 0 Å². The van der Waals surface area contributed by atoms with Crippen LogP contribution < -0.4 is 4.74 Å². The number of ether oxygens (including phenoxy) is 1. The van der Waals surface area contributed by atoms with Crippen molar-refractivity contribution in [2.24, 2.45) is 23.2 Å². The van der Waals surface area contributed by atoms with E-state index in [1.165, 1.54) is 11.1 Å². The fourth-order valence-electron chi connectivity index (χ4n) is 8.75. The molecule has 2 saturated carbocycles. The van der Waals surface area contributed by atoms with Crippen molar-refractivity contribution in [1.29, 1.82) is 0 Å². The minimum Gasteiger partial charge on any atom is -0.616 e. The highest BCUT2D eigenvalue weighted by molar-refractivity contribution is 7.92. The highest BCUT2D eigenvalue weighted by Gasteiger charge is 2.62. The minimum absolute atomic E-state index is 0.00457. The fourth-order valence-corrected chi connectivity index (χ4v) is 10.9. The molecule has 12 unspecified atom stereocenters. The van der Waals surface area contributed by atoms with E-state index >= 15 is 0 Å². The minimum atomic E-state index is -1.49. The molecule has 10 heteroatoms. The van der Waals surface area contributed by atoms with E-state index in [0.29, 0.717) is 42.3 Å². The summed E-state index contributed by atoms with van der Waals surface area (Å²) in [6.45, 7) is 8.94. The largest absolute Gasteiger partial charge is 0.616 e.